The first kappa shape index (κ1) is 15.3. The molecule has 3 aromatic rings. The van der Waals surface area contributed by atoms with Gasteiger partial charge in [0.1, 0.15) is 0 Å². The molecule has 0 aliphatic heterocycles. The number of hydrogen-bond donors (Lipinski definition) is 1. The quantitative estimate of drug-likeness (QED) is 0.744. The van der Waals surface area contributed by atoms with Crippen molar-refractivity contribution >= 4 is 34.2 Å². The van der Waals surface area contributed by atoms with Crippen LogP contribution < -0.4 is 5.32 Å². The summed E-state index contributed by atoms with van der Waals surface area (Å²) in [5, 5.41) is 4.13. The Labute approximate surface area is 148 Å². The predicted octanol–water partition coefficient (Wildman–Crippen LogP) is 4.60. The Hall–Kier alpha value is -2.24. The van der Waals surface area contributed by atoms with Gasteiger partial charge in [-0.05, 0) is 24.0 Å². The topological polar surface area (TPSA) is 54.9 Å². The molecule has 2 atom stereocenters. The van der Waals surface area contributed by atoms with Crippen molar-refractivity contribution in [2.24, 2.45) is 5.92 Å². The lowest BCUT2D eigenvalue weighted by Crippen LogP contribution is -2.14. The van der Waals surface area contributed by atoms with E-state index in [0.29, 0.717) is 11.0 Å². The number of amides is 1. The van der Waals surface area contributed by atoms with Crippen molar-refractivity contribution in [1.82, 2.24) is 9.36 Å². The van der Waals surface area contributed by atoms with Crippen molar-refractivity contribution < 1.29 is 4.79 Å². The van der Waals surface area contributed by atoms with E-state index in [1.807, 2.05) is 54.6 Å². The molecule has 1 aliphatic rings. The molecule has 1 aliphatic carbocycles. The zero-order chi connectivity index (χ0) is 16.5. The third kappa shape index (κ3) is 3.05. The molecule has 2 aromatic carbocycles. The standard InChI is InChI=1S/C18H14ClN3OS/c19-15-9-5-4-8-12(15)13-10-14(13)17(23)21-18-20-16(22-24-18)11-6-2-1-3-7-11/h1-9,13-14H,10H2,(H,20,21,22,23). The second kappa shape index (κ2) is 6.34. The number of anilines is 1. The van der Waals surface area contributed by atoms with Crippen molar-refractivity contribution in [1.29, 1.82) is 0 Å². The van der Waals surface area contributed by atoms with E-state index in [2.05, 4.69) is 14.7 Å². The highest BCUT2D eigenvalue weighted by molar-refractivity contribution is 7.10. The first-order valence-corrected chi connectivity index (χ1v) is 8.82. The number of benzene rings is 2. The van der Waals surface area contributed by atoms with E-state index in [0.717, 1.165) is 22.6 Å². The molecule has 6 heteroatoms. The Morgan fingerprint density at radius 3 is 2.67 bits per heavy atom. The fourth-order valence-electron chi connectivity index (χ4n) is 2.78. The van der Waals surface area contributed by atoms with Crippen molar-refractivity contribution in [3.05, 3.63) is 65.2 Å². The average molecular weight is 356 g/mol. The highest BCUT2D eigenvalue weighted by Crippen LogP contribution is 2.50. The van der Waals surface area contributed by atoms with Crippen LogP contribution in [0.4, 0.5) is 5.13 Å². The monoisotopic (exact) mass is 355 g/mol. The van der Waals surface area contributed by atoms with E-state index in [1.165, 1.54) is 11.5 Å². The summed E-state index contributed by atoms with van der Waals surface area (Å²) in [7, 11) is 0. The van der Waals surface area contributed by atoms with E-state index in [9.17, 15) is 4.79 Å². The predicted molar refractivity (Wildman–Crippen MR) is 96.3 cm³/mol. The van der Waals surface area contributed by atoms with Crippen LogP contribution in [0.5, 0.6) is 0 Å². The minimum Gasteiger partial charge on any atom is -0.300 e. The molecule has 1 fully saturated rings. The van der Waals surface area contributed by atoms with Crippen LogP contribution >= 0.6 is 23.1 Å². The van der Waals surface area contributed by atoms with Crippen LogP contribution in [0, 0.1) is 5.92 Å². The van der Waals surface area contributed by atoms with Crippen LogP contribution in [0.1, 0.15) is 17.9 Å². The average Bonchev–Trinajstić information content (AvgIpc) is 3.27. The Kier molecular flexibility index (Phi) is 4.04. The molecule has 1 aromatic heterocycles. The summed E-state index contributed by atoms with van der Waals surface area (Å²) in [5.41, 5.74) is 1.98. The molecule has 1 N–H and O–H groups in total. The molecule has 0 spiro atoms. The van der Waals surface area contributed by atoms with Crippen molar-refractivity contribution in [3.8, 4) is 11.4 Å². The van der Waals surface area contributed by atoms with Gasteiger partial charge in [0.25, 0.3) is 0 Å². The number of rotatable bonds is 4. The van der Waals surface area contributed by atoms with Gasteiger partial charge >= 0.3 is 0 Å². The molecule has 2 unspecified atom stereocenters. The minimum absolute atomic E-state index is 0.0179. The third-order valence-electron chi connectivity index (χ3n) is 4.12. The molecular formula is C18H14ClN3OS. The Morgan fingerprint density at radius 1 is 1.12 bits per heavy atom. The molecule has 24 heavy (non-hydrogen) atoms. The van der Waals surface area contributed by atoms with Crippen LogP contribution in [-0.4, -0.2) is 15.3 Å². The molecule has 1 heterocycles. The number of nitrogens with zero attached hydrogens (tertiary/aromatic N) is 2. The lowest BCUT2D eigenvalue weighted by Gasteiger charge is -2.03. The maximum absolute atomic E-state index is 12.4. The molecule has 0 radical (unpaired) electrons. The SMILES string of the molecule is O=C(Nc1nc(-c2ccccc2)ns1)C1CC1c1ccccc1Cl. The molecule has 0 saturated heterocycles. The zero-order valence-corrected chi connectivity index (χ0v) is 14.2. The van der Waals surface area contributed by atoms with Crippen LogP contribution in [-0.2, 0) is 4.79 Å². The fourth-order valence-corrected chi connectivity index (χ4v) is 3.65. The van der Waals surface area contributed by atoms with E-state index in [4.69, 9.17) is 11.6 Å². The van der Waals surface area contributed by atoms with E-state index >= 15 is 0 Å². The lowest BCUT2D eigenvalue weighted by atomic mass is 10.1. The smallest absolute Gasteiger partial charge is 0.229 e. The first-order valence-electron chi connectivity index (χ1n) is 7.67. The third-order valence-corrected chi connectivity index (χ3v) is 5.09. The van der Waals surface area contributed by atoms with Gasteiger partial charge in [-0.25, -0.2) is 0 Å². The van der Waals surface area contributed by atoms with Gasteiger partial charge in [0.05, 0.1) is 0 Å². The number of halogens is 1. The van der Waals surface area contributed by atoms with Crippen molar-refractivity contribution in [2.75, 3.05) is 5.32 Å². The summed E-state index contributed by atoms with van der Waals surface area (Å²) in [5.74, 6) is 0.763. The number of aromatic nitrogens is 2. The maximum atomic E-state index is 12.4. The van der Waals surface area contributed by atoms with Gasteiger partial charge in [-0.15, -0.1) is 0 Å². The van der Waals surface area contributed by atoms with Crippen molar-refractivity contribution in [2.45, 2.75) is 12.3 Å². The minimum atomic E-state index is -0.0472. The highest BCUT2D eigenvalue weighted by Gasteiger charge is 2.45. The Bertz CT molecular complexity index is 881. The highest BCUT2D eigenvalue weighted by atomic mass is 35.5. The molecular weight excluding hydrogens is 342 g/mol. The number of nitrogens with one attached hydrogen (secondary N) is 1. The zero-order valence-electron chi connectivity index (χ0n) is 12.6. The number of hydrogen-bond acceptors (Lipinski definition) is 4. The molecule has 1 saturated carbocycles. The van der Waals surface area contributed by atoms with Crippen LogP contribution in [0.3, 0.4) is 0 Å². The lowest BCUT2D eigenvalue weighted by molar-refractivity contribution is -0.117. The van der Waals surface area contributed by atoms with Gasteiger partial charge in [-0.3, -0.25) is 4.79 Å². The van der Waals surface area contributed by atoms with Crippen molar-refractivity contribution in [3.63, 3.8) is 0 Å². The van der Waals surface area contributed by atoms with Crippen LogP contribution in [0.15, 0.2) is 54.6 Å². The Morgan fingerprint density at radius 2 is 1.88 bits per heavy atom. The molecule has 120 valence electrons. The molecule has 1 amide bonds. The van der Waals surface area contributed by atoms with E-state index < -0.39 is 0 Å². The Balaban J connectivity index is 1.43. The molecule has 4 nitrogen and oxygen atoms in total. The largest absolute Gasteiger partial charge is 0.300 e. The van der Waals surface area contributed by atoms with Gasteiger partial charge in [0.2, 0.25) is 11.0 Å². The summed E-state index contributed by atoms with van der Waals surface area (Å²) in [6, 6.07) is 17.4. The second-order valence-corrected chi connectivity index (χ2v) is 6.91. The summed E-state index contributed by atoms with van der Waals surface area (Å²) >= 11 is 7.41. The second-order valence-electron chi connectivity index (χ2n) is 5.75. The van der Waals surface area contributed by atoms with Gasteiger partial charge in [-0.1, -0.05) is 60.1 Å². The normalized spacial score (nSPS) is 19.0. The summed E-state index contributed by atoms with van der Waals surface area (Å²) in [6.45, 7) is 0. The maximum Gasteiger partial charge on any atom is 0.229 e. The summed E-state index contributed by atoms with van der Waals surface area (Å²) in [4.78, 5) is 16.8. The van der Waals surface area contributed by atoms with Crippen LogP contribution in [0.25, 0.3) is 11.4 Å². The van der Waals surface area contributed by atoms with E-state index in [-0.39, 0.29) is 17.7 Å². The molecule has 4 rings (SSSR count). The fraction of sp³-hybridized carbons (Fsp3) is 0.167. The summed E-state index contributed by atoms with van der Waals surface area (Å²) < 4.78 is 4.31. The van der Waals surface area contributed by atoms with Crippen LogP contribution in [0.2, 0.25) is 5.02 Å². The van der Waals surface area contributed by atoms with Gasteiger partial charge in [0.15, 0.2) is 5.82 Å². The number of carbonyl (C=O) groups excluding carboxylic acids is 1. The van der Waals surface area contributed by atoms with Gasteiger partial charge < -0.3 is 5.32 Å². The number of carbonyl (C=O) groups is 1. The van der Waals surface area contributed by atoms with Gasteiger partial charge in [-0.2, -0.15) is 9.36 Å². The first-order chi connectivity index (χ1) is 11.7. The van der Waals surface area contributed by atoms with E-state index in [1.54, 1.807) is 0 Å². The summed E-state index contributed by atoms with van der Waals surface area (Å²) in [6.07, 6.45) is 0.819. The van der Waals surface area contributed by atoms with Gasteiger partial charge in [0, 0.05) is 28.0 Å². The molecule has 0 bridgehead atoms.